The number of imidazole rings is 1. The molecule has 3 N–H and O–H groups in total. The molecule has 2 aromatic carbocycles. The lowest BCUT2D eigenvalue weighted by molar-refractivity contribution is 0.148. The van der Waals surface area contributed by atoms with Crippen molar-refractivity contribution >= 4 is 23.1 Å². The Morgan fingerprint density at radius 2 is 1.71 bits per heavy atom. The fraction of sp³-hybridized carbons (Fsp3) is 0.250. The third-order valence-corrected chi connectivity index (χ3v) is 8.48. The second-order valence-electron chi connectivity index (χ2n) is 11.2. The number of pyridine rings is 2. The highest BCUT2D eigenvalue weighted by Gasteiger charge is 2.44. The maximum Gasteiger partial charge on any atom is 0.407 e. The molecule has 2 aliphatic heterocycles. The fourth-order valence-corrected chi connectivity index (χ4v) is 6.36. The Labute approximate surface area is 237 Å². The number of benzene rings is 2. The van der Waals surface area contributed by atoms with Gasteiger partial charge in [0.15, 0.2) is 11.5 Å². The zero-order chi connectivity index (χ0) is 28.0. The first kappa shape index (κ1) is 25.2. The van der Waals surface area contributed by atoms with Crippen LogP contribution in [0.15, 0.2) is 85.1 Å². The molecule has 0 saturated carbocycles. The van der Waals surface area contributed by atoms with Gasteiger partial charge in [0.25, 0.3) is 0 Å². The number of carbonyl (C=O) groups is 1. The van der Waals surface area contributed by atoms with Crippen molar-refractivity contribution < 1.29 is 9.90 Å². The molecular weight excluding hydrogens is 514 g/mol. The van der Waals surface area contributed by atoms with Gasteiger partial charge in [0.05, 0.1) is 11.3 Å². The summed E-state index contributed by atoms with van der Waals surface area (Å²) in [5.41, 5.74) is 12.8. The fourth-order valence-electron chi connectivity index (χ4n) is 6.36. The van der Waals surface area contributed by atoms with Crippen LogP contribution in [-0.4, -0.2) is 66.7 Å². The number of nitrogens with zero attached hydrogens (tertiary/aromatic N) is 6. The molecule has 5 heterocycles. The molecule has 1 spiro atoms. The summed E-state index contributed by atoms with van der Waals surface area (Å²) < 4.78 is 2.06. The second-order valence-corrected chi connectivity index (χ2v) is 11.2. The minimum absolute atomic E-state index is 0.0920. The van der Waals surface area contributed by atoms with Gasteiger partial charge < -0.3 is 15.7 Å². The van der Waals surface area contributed by atoms with Crippen LogP contribution in [0.1, 0.15) is 18.4 Å². The number of likely N-dealkylation sites (tertiary alicyclic amines) is 2. The van der Waals surface area contributed by atoms with Crippen LogP contribution < -0.4 is 5.73 Å². The van der Waals surface area contributed by atoms with Crippen LogP contribution in [0.25, 0.3) is 39.5 Å². The summed E-state index contributed by atoms with van der Waals surface area (Å²) in [5.74, 6) is 1.11. The zero-order valence-electron chi connectivity index (χ0n) is 22.6. The number of nitrogens with two attached hydrogens (primary N) is 1. The van der Waals surface area contributed by atoms with Crippen molar-refractivity contribution in [2.45, 2.75) is 19.4 Å². The number of fused-ring (bicyclic) bond motifs is 1. The van der Waals surface area contributed by atoms with E-state index in [9.17, 15) is 9.90 Å². The molecule has 3 aromatic heterocycles. The van der Waals surface area contributed by atoms with Crippen LogP contribution in [-0.2, 0) is 6.54 Å². The van der Waals surface area contributed by atoms with Crippen molar-refractivity contribution in [3.63, 3.8) is 0 Å². The van der Waals surface area contributed by atoms with Crippen LogP contribution in [0.3, 0.4) is 0 Å². The molecule has 0 bridgehead atoms. The molecule has 7 rings (SSSR count). The summed E-state index contributed by atoms with van der Waals surface area (Å²) in [7, 11) is 0. The third-order valence-electron chi connectivity index (χ3n) is 8.48. The molecule has 2 aliphatic rings. The number of hydrogen-bond acceptors (Lipinski definition) is 6. The van der Waals surface area contributed by atoms with Crippen LogP contribution in [0.2, 0.25) is 0 Å². The van der Waals surface area contributed by atoms with Gasteiger partial charge in [-0.3, -0.25) is 9.47 Å². The summed E-state index contributed by atoms with van der Waals surface area (Å²) in [6.07, 6.45) is 2.86. The smallest absolute Gasteiger partial charge is 0.407 e. The van der Waals surface area contributed by atoms with Crippen LogP contribution in [0.5, 0.6) is 0 Å². The maximum absolute atomic E-state index is 11.4. The first-order valence-corrected chi connectivity index (χ1v) is 13.9. The van der Waals surface area contributed by atoms with Gasteiger partial charge in [-0.2, -0.15) is 0 Å². The lowest BCUT2D eigenvalue weighted by Crippen LogP contribution is -2.33. The summed E-state index contributed by atoms with van der Waals surface area (Å²) >= 11 is 0. The van der Waals surface area contributed by atoms with Crippen molar-refractivity contribution in [2.75, 3.05) is 31.9 Å². The molecule has 1 atom stereocenters. The molecule has 206 valence electrons. The molecule has 41 heavy (non-hydrogen) atoms. The highest BCUT2D eigenvalue weighted by Crippen LogP contribution is 2.40. The number of hydrogen-bond donors (Lipinski definition) is 2. The lowest BCUT2D eigenvalue weighted by atomic mass is 9.86. The van der Waals surface area contributed by atoms with Crippen LogP contribution >= 0.6 is 0 Å². The van der Waals surface area contributed by atoms with Crippen molar-refractivity contribution in [2.24, 2.45) is 5.41 Å². The van der Waals surface area contributed by atoms with E-state index in [0.717, 1.165) is 66.1 Å². The van der Waals surface area contributed by atoms with E-state index >= 15 is 0 Å². The van der Waals surface area contributed by atoms with Crippen LogP contribution in [0, 0.1) is 5.41 Å². The average Bonchev–Trinajstić information content (AvgIpc) is 3.71. The minimum Gasteiger partial charge on any atom is -0.465 e. The Kier molecular flexibility index (Phi) is 6.16. The number of aromatic nitrogens is 4. The van der Waals surface area contributed by atoms with Gasteiger partial charge >= 0.3 is 6.09 Å². The van der Waals surface area contributed by atoms with Gasteiger partial charge in [-0.1, -0.05) is 42.5 Å². The SMILES string of the molecule is Nc1ncccc1-c1nc2ccc(-c3ccccc3)nc2n1-c1ccc(CN2CCC3(CCN(C(=O)O)C3)C2)cc1. The van der Waals surface area contributed by atoms with E-state index in [1.165, 1.54) is 5.56 Å². The molecule has 0 aliphatic carbocycles. The summed E-state index contributed by atoms with van der Waals surface area (Å²) in [4.78, 5) is 29.8. The Morgan fingerprint density at radius 1 is 0.902 bits per heavy atom. The largest absolute Gasteiger partial charge is 0.465 e. The minimum atomic E-state index is -0.805. The van der Waals surface area contributed by atoms with E-state index in [1.807, 2.05) is 42.5 Å². The lowest BCUT2D eigenvalue weighted by Gasteiger charge is -2.24. The molecule has 5 aromatic rings. The van der Waals surface area contributed by atoms with E-state index in [4.69, 9.17) is 15.7 Å². The second kappa shape index (κ2) is 10.0. The molecule has 9 heteroatoms. The highest BCUT2D eigenvalue weighted by atomic mass is 16.4. The van der Waals surface area contributed by atoms with Gasteiger partial charge in [0, 0.05) is 49.0 Å². The molecule has 2 fully saturated rings. The molecular formula is C32H31N7O2. The summed E-state index contributed by atoms with van der Waals surface area (Å²) in [6.45, 7) is 4.03. The van der Waals surface area contributed by atoms with E-state index in [2.05, 4.69) is 50.8 Å². The maximum atomic E-state index is 11.4. The number of rotatable bonds is 5. The van der Waals surface area contributed by atoms with Crippen molar-refractivity contribution in [1.82, 2.24) is 29.3 Å². The first-order chi connectivity index (χ1) is 20.0. The van der Waals surface area contributed by atoms with Gasteiger partial charge in [-0.05, 0) is 61.3 Å². The Bertz CT molecular complexity index is 1730. The van der Waals surface area contributed by atoms with Crippen molar-refractivity contribution in [1.29, 1.82) is 0 Å². The first-order valence-electron chi connectivity index (χ1n) is 13.9. The number of amides is 1. The topological polar surface area (TPSA) is 113 Å². The van der Waals surface area contributed by atoms with Crippen LogP contribution in [0.4, 0.5) is 10.6 Å². The predicted molar refractivity (Wildman–Crippen MR) is 158 cm³/mol. The number of nitrogen functional groups attached to an aromatic ring is 1. The van der Waals surface area contributed by atoms with E-state index in [0.29, 0.717) is 24.7 Å². The van der Waals surface area contributed by atoms with E-state index < -0.39 is 6.09 Å². The quantitative estimate of drug-likeness (QED) is 0.308. The summed E-state index contributed by atoms with van der Waals surface area (Å²) in [6, 6.07) is 26.4. The molecule has 0 radical (unpaired) electrons. The van der Waals surface area contributed by atoms with Crippen molar-refractivity contribution in [3.8, 4) is 28.3 Å². The molecule has 9 nitrogen and oxygen atoms in total. The van der Waals surface area contributed by atoms with Gasteiger partial charge in [0.1, 0.15) is 11.3 Å². The Hall–Kier alpha value is -4.76. The Morgan fingerprint density at radius 3 is 2.46 bits per heavy atom. The molecule has 1 unspecified atom stereocenters. The standard InChI is InChI=1S/C32H31N7O2/c33-28-25(7-4-16-34-28)29-36-27-13-12-26(23-5-2-1-3-6-23)35-30(27)39(29)24-10-8-22(9-11-24)19-37-17-14-32(20-37)15-18-38(21-32)31(40)41/h1-13,16H,14-15,17-21H2,(H2,33,34)(H,40,41). The Balaban J connectivity index is 1.21. The monoisotopic (exact) mass is 545 g/mol. The van der Waals surface area contributed by atoms with Gasteiger partial charge in [-0.25, -0.2) is 19.7 Å². The number of carboxylic acid groups (broad SMARTS) is 1. The zero-order valence-corrected chi connectivity index (χ0v) is 22.6. The van der Waals surface area contributed by atoms with Crippen molar-refractivity contribution in [3.05, 3.63) is 90.6 Å². The summed E-state index contributed by atoms with van der Waals surface area (Å²) in [5, 5.41) is 9.40. The molecule has 1 amide bonds. The van der Waals surface area contributed by atoms with Gasteiger partial charge in [-0.15, -0.1) is 0 Å². The molecule has 2 saturated heterocycles. The van der Waals surface area contributed by atoms with E-state index in [1.54, 1.807) is 11.1 Å². The predicted octanol–water partition coefficient (Wildman–Crippen LogP) is 5.31. The highest BCUT2D eigenvalue weighted by molar-refractivity contribution is 5.84. The van der Waals surface area contributed by atoms with E-state index in [-0.39, 0.29) is 5.41 Å². The number of anilines is 1. The average molecular weight is 546 g/mol. The third kappa shape index (κ3) is 4.68. The normalized spacial score (nSPS) is 19.0. The van der Waals surface area contributed by atoms with Gasteiger partial charge in [0.2, 0.25) is 0 Å².